The molecule has 2 heterocycles. The van der Waals surface area contributed by atoms with Gasteiger partial charge in [-0.3, -0.25) is 9.13 Å². The van der Waals surface area contributed by atoms with Gasteiger partial charge in [-0.25, -0.2) is 15.4 Å². The van der Waals surface area contributed by atoms with E-state index in [0.717, 1.165) is 19.4 Å². The van der Waals surface area contributed by atoms with E-state index in [0.29, 0.717) is 25.5 Å². The molecule has 12 heteroatoms. The van der Waals surface area contributed by atoms with E-state index in [1.54, 1.807) is 22.3 Å². The second-order valence-electron chi connectivity index (χ2n) is 5.35. The van der Waals surface area contributed by atoms with Crippen LogP contribution in [0.1, 0.15) is 18.7 Å². The van der Waals surface area contributed by atoms with Crippen molar-refractivity contribution in [2.24, 2.45) is 0 Å². The SMILES string of the molecule is Cc1ncc([NH+]([O-])O)n1CCNCCCCn1ccnc1[NH+]([O-])O.Cl. The van der Waals surface area contributed by atoms with E-state index in [1.165, 1.54) is 12.4 Å². The summed E-state index contributed by atoms with van der Waals surface area (Å²) in [6.45, 7) is 4.33. The smallest absolute Gasteiger partial charge is 0.340 e. The topological polar surface area (TPSA) is 143 Å². The number of quaternary nitrogens is 2. The molecule has 5 N–H and O–H groups in total. The van der Waals surface area contributed by atoms with Crippen LogP contribution in [0.2, 0.25) is 0 Å². The maximum absolute atomic E-state index is 11.1. The highest BCUT2D eigenvalue weighted by atomic mass is 35.5. The van der Waals surface area contributed by atoms with Gasteiger partial charge in [-0.15, -0.1) is 12.4 Å². The second kappa shape index (κ2) is 10.4. The van der Waals surface area contributed by atoms with Crippen molar-refractivity contribution >= 4 is 24.2 Å². The molecule has 0 spiro atoms. The Labute approximate surface area is 151 Å². The fraction of sp³-hybridized carbons (Fsp3) is 0.538. The lowest BCUT2D eigenvalue weighted by Crippen LogP contribution is -3.00. The Morgan fingerprint density at radius 3 is 2.56 bits per heavy atom. The summed E-state index contributed by atoms with van der Waals surface area (Å²) in [5.41, 5.74) is 0. The van der Waals surface area contributed by atoms with Gasteiger partial charge in [0.2, 0.25) is 0 Å². The van der Waals surface area contributed by atoms with Crippen LogP contribution in [0.5, 0.6) is 0 Å². The van der Waals surface area contributed by atoms with Crippen molar-refractivity contribution in [3.05, 3.63) is 34.8 Å². The molecule has 0 radical (unpaired) electrons. The van der Waals surface area contributed by atoms with Crippen LogP contribution in [0, 0.1) is 17.3 Å². The van der Waals surface area contributed by atoms with Crippen molar-refractivity contribution in [2.75, 3.05) is 13.1 Å². The summed E-state index contributed by atoms with van der Waals surface area (Å²) in [7, 11) is 0. The zero-order valence-corrected chi connectivity index (χ0v) is 14.7. The van der Waals surface area contributed by atoms with Crippen molar-refractivity contribution in [2.45, 2.75) is 32.9 Å². The quantitative estimate of drug-likeness (QED) is 0.255. The predicted octanol–water partition coefficient (Wildman–Crippen LogP) is -1.31. The molecule has 142 valence electrons. The highest BCUT2D eigenvalue weighted by Gasteiger charge is 2.11. The monoisotopic (exact) mass is 377 g/mol. The summed E-state index contributed by atoms with van der Waals surface area (Å²) in [5.74, 6) is 0.922. The van der Waals surface area contributed by atoms with Crippen LogP contribution in [-0.2, 0) is 13.1 Å². The van der Waals surface area contributed by atoms with Gasteiger partial charge in [0.15, 0.2) is 0 Å². The number of unbranched alkanes of at least 4 members (excludes halogenated alkanes) is 1. The Bertz CT molecular complexity index is 632. The lowest BCUT2D eigenvalue weighted by Gasteiger charge is -2.15. The largest absolute Gasteiger partial charge is 0.594 e. The van der Waals surface area contributed by atoms with Gasteiger partial charge in [-0.1, -0.05) is 0 Å². The molecule has 25 heavy (non-hydrogen) atoms. The number of hydrogen-bond acceptors (Lipinski definition) is 7. The lowest BCUT2D eigenvalue weighted by atomic mass is 10.3. The molecule has 2 aromatic heterocycles. The summed E-state index contributed by atoms with van der Waals surface area (Å²) in [6, 6.07) is 0. The first-order valence-corrected chi connectivity index (χ1v) is 7.71. The van der Waals surface area contributed by atoms with E-state index < -0.39 is 10.5 Å². The van der Waals surface area contributed by atoms with E-state index in [2.05, 4.69) is 15.3 Å². The number of halogens is 1. The molecule has 0 amide bonds. The Morgan fingerprint density at radius 2 is 1.88 bits per heavy atom. The zero-order chi connectivity index (χ0) is 17.5. The number of nitrogens with one attached hydrogen (secondary N) is 3. The van der Waals surface area contributed by atoms with E-state index >= 15 is 0 Å². The van der Waals surface area contributed by atoms with E-state index in [-0.39, 0.29) is 24.2 Å². The standard InChI is InChI=1S/C13H23N7O4.ClH/c1-11-16-10-12(19(21)22)18(11)9-5-14-4-2-3-7-17-8-6-15-13(17)20(23)24;/h6,8,10,14,19-21,23H,2-5,7,9H2,1H3;1H. The van der Waals surface area contributed by atoms with Crippen molar-refractivity contribution in [3.8, 4) is 0 Å². The van der Waals surface area contributed by atoms with Gasteiger partial charge in [0.1, 0.15) is 12.0 Å². The van der Waals surface area contributed by atoms with Crippen LogP contribution < -0.4 is 15.8 Å². The number of rotatable bonds is 10. The third-order valence-electron chi connectivity index (χ3n) is 3.70. The highest BCUT2D eigenvalue weighted by Crippen LogP contribution is 2.05. The van der Waals surface area contributed by atoms with E-state index in [1.807, 2.05) is 0 Å². The Kier molecular flexibility index (Phi) is 8.96. The maximum Gasteiger partial charge on any atom is 0.340 e. The molecule has 0 aromatic carbocycles. The van der Waals surface area contributed by atoms with Crippen molar-refractivity contribution < 1.29 is 20.9 Å². The first kappa shape index (κ1) is 21.5. The minimum absolute atomic E-state index is 0. The maximum atomic E-state index is 11.1. The van der Waals surface area contributed by atoms with Gasteiger partial charge in [-0.05, 0) is 26.3 Å². The normalized spacial score (nSPS) is 13.5. The molecule has 0 aliphatic rings. The molecule has 2 unspecified atom stereocenters. The fourth-order valence-electron chi connectivity index (χ4n) is 2.46. The fourth-order valence-corrected chi connectivity index (χ4v) is 2.46. The number of imidazole rings is 2. The van der Waals surface area contributed by atoms with Crippen molar-refractivity contribution in [1.82, 2.24) is 24.4 Å². The van der Waals surface area contributed by atoms with Crippen molar-refractivity contribution in [3.63, 3.8) is 0 Å². The summed E-state index contributed by atoms with van der Waals surface area (Å²) < 4.78 is 3.29. The molecule has 2 atom stereocenters. The summed E-state index contributed by atoms with van der Waals surface area (Å²) in [5, 5.41) is 41.3. The summed E-state index contributed by atoms with van der Waals surface area (Å²) >= 11 is 0. The third kappa shape index (κ3) is 6.02. The molecule has 2 aromatic rings. The predicted molar refractivity (Wildman–Crippen MR) is 90.1 cm³/mol. The summed E-state index contributed by atoms with van der Waals surface area (Å²) in [6.07, 6.45) is 6.21. The van der Waals surface area contributed by atoms with Gasteiger partial charge in [0.05, 0.1) is 6.20 Å². The highest BCUT2D eigenvalue weighted by molar-refractivity contribution is 5.85. The van der Waals surface area contributed by atoms with Crippen LogP contribution in [0.25, 0.3) is 0 Å². The average molecular weight is 378 g/mol. The molecular weight excluding hydrogens is 354 g/mol. The number of aromatic nitrogens is 4. The molecule has 0 fully saturated rings. The lowest BCUT2D eigenvalue weighted by molar-refractivity contribution is -0.995. The number of nitrogens with zero attached hydrogens (tertiary/aromatic N) is 4. The van der Waals surface area contributed by atoms with Gasteiger partial charge >= 0.3 is 5.95 Å². The molecule has 0 aliphatic heterocycles. The van der Waals surface area contributed by atoms with E-state index in [4.69, 9.17) is 10.4 Å². The molecule has 11 nitrogen and oxygen atoms in total. The Hall–Kier alpha value is -1.57. The molecule has 0 aliphatic carbocycles. The van der Waals surface area contributed by atoms with Crippen LogP contribution in [0.3, 0.4) is 0 Å². The Morgan fingerprint density at radius 1 is 1.12 bits per heavy atom. The van der Waals surface area contributed by atoms with Gasteiger partial charge in [0.25, 0.3) is 5.82 Å². The summed E-state index contributed by atoms with van der Waals surface area (Å²) in [4.78, 5) is 7.81. The first-order chi connectivity index (χ1) is 11.5. The molecular formula is C13H24ClN7O4. The van der Waals surface area contributed by atoms with Crippen molar-refractivity contribution in [1.29, 1.82) is 0 Å². The average Bonchev–Trinajstić information content (AvgIpc) is 3.13. The Balaban J connectivity index is 0.00000312. The molecule has 0 bridgehead atoms. The number of hydrogen-bond donors (Lipinski definition) is 5. The minimum atomic E-state index is -1.02. The van der Waals surface area contributed by atoms with Gasteiger partial charge < -0.3 is 15.7 Å². The minimum Gasteiger partial charge on any atom is -0.594 e. The molecule has 2 rings (SSSR count). The molecule has 0 saturated carbocycles. The van der Waals surface area contributed by atoms with Crippen LogP contribution >= 0.6 is 12.4 Å². The second-order valence-corrected chi connectivity index (χ2v) is 5.35. The third-order valence-corrected chi connectivity index (χ3v) is 3.70. The van der Waals surface area contributed by atoms with Gasteiger partial charge in [0, 0.05) is 25.8 Å². The van der Waals surface area contributed by atoms with Crippen LogP contribution in [-0.4, -0.2) is 42.6 Å². The first-order valence-electron chi connectivity index (χ1n) is 7.71. The van der Waals surface area contributed by atoms with E-state index in [9.17, 15) is 10.4 Å². The van der Waals surface area contributed by atoms with Crippen LogP contribution in [0.15, 0.2) is 18.6 Å². The van der Waals surface area contributed by atoms with Gasteiger partial charge in [-0.2, -0.15) is 15.4 Å². The number of aryl methyl sites for hydroxylation is 2. The zero-order valence-electron chi connectivity index (χ0n) is 13.9. The van der Waals surface area contributed by atoms with Crippen LogP contribution in [0.4, 0.5) is 11.8 Å². The molecule has 0 saturated heterocycles.